The summed E-state index contributed by atoms with van der Waals surface area (Å²) in [6.07, 6.45) is 0.234. The topological polar surface area (TPSA) is 43.9 Å². The second kappa shape index (κ2) is 7.75. The lowest BCUT2D eigenvalue weighted by Crippen LogP contribution is -2.47. The summed E-state index contributed by atoms with van der Waals surface area (Å²) in [6.45, 7) is 4.79. The molecular weight excluding hydrogens is 321 g/mol. The summed E-state index contributed by atoms with van der Waals surface area (Å²) in [6, 6.07) is 4.11. The fourth-order valence-corrected chi connectivity index (χ4v) is 2.72. The van der Waals surface area contributed by atoms with Crippen molar-refractivity contribution < 1.29 is 14.0 Å². The largest absolute Gasteiger partial charge is 0.340 e. The molecule has 0 aliphatic carbocycles. The molecule has 2 rings (SSSR count). The maximum Gasteiger partial charge on any atom is 0.224 e. The van der Waals surface area contributed by atoms with Gasteiger partial charge in [0.15, 0.2) is 0 Å². The number of anilines is 1. The highest BCUT2D eigenvalue weighted by molar-refractivity contribution is 6.31. The van der Waals surface area contributed by atoms with Gasteiger partial charge in [-0.2, -0.15) is 0 Å². The van der Waals surface area contributed by atoms with Crippen molar-refractivity contribution in [3.8, 4) is 0 Å². The van der Waals surface area contributed by atoms with Gasteiger partial charge in [-0.05, 0) is 25.2 Å². The van der Waals surface area contributed by atoms with E-state index in [2.05, 4.69) is 4.90 Å². The number of carbonyl (C=O) groups excluding carboxylic acids is 2. The van der Waals surface area contributed by atoms with Crippen molar-refractivity contribution in [2.45, 2.75) is 13.3 Å². The van der Waals surface area contributed by atoms with Gasteiger partial charge in [0.1, 0.15) is 5.82 Å². The van der Waals surface area contributed by atoms with Crippen molar-refractivity contribution in [1.29, 1.82) is 0 Å². The minimum Gasteiger partial charge on any atom is -0.340 e. The van der Waals surface area contributed by atoms with E-state index in [4.69, 9.17) is 11.6 Å². The maximum atomic E-state index is 13.3. The van der Waals surface area contributed by atoms with Crippen LogP contribution in [0.3, 0.4) is 0 Å². The van der Waals surface area contributed by atoms with E-state index in [9.17, 15) is 14.0 Å². The third-order valence-electron chi connectivity index (χ3n) is 4.00. The van der Waals surface area contributed by atoms with Gasteiger partial charge in [0.25, 0.3) is 0 Å². The van der Waals surface area contributed by atoms with Gasteiger partial charge in [-0.3, -0.25) is 9.59 Å². The van der Waals surface area contributed by atoms with Crippen molar-refractivity contribution in [3.05, 3.63) is 29.0 Å². The Balaban J connectivity index is 1.98. The Morgan fingerprint density at radius 2 is 1.91 bits per heavy atom. The minimum absolute atomic E-state index is 0.0255. The molecule has 1 aromatic rings. The van der Waals surface area contributed by atoms with Gasteiger partial charge in [-0.1, -0.05) is 11.6 Å². The zero-order valence-electron chi connectivity index (χ0n) is 13.4. The molecule has 126 valence electrons. The number of likely N-dealkylation sites (N-methyl/N-ethyl adjacent to an activating group) is 1. The van der Waals surface area contributed by atoms with Crippen LogP contribution < -0.4 is 4.90 Å². The van der Waals surface area contributed by atoms with Crippen molar-refractivity contribution in [2.75, 3.05) is 44.7 Å². The Labute approximate surface area is 140 Å². The predicted molar refractivity (Wildman–Crippen MR) is 88.1 cm³/mol. The number of halogens is 2. The molecule has 0 aromatic heterocycles. The van der Waals surface area contributed by atoms with E-state index in [0.29, 0.717) is 18.8 Å². The predicted octanol–water partition coefficient (Wildman–Crippen LogP) is 2.00. The van der Waals surface area contributed by atoms with Crippen molar-refractivity contribution >= 4 is 29.1 Å². The number of piperazine rings is 1. The van der Waals surface area contributed by atoms with Crippen LogP contribution in [0.4, 0.5) is 10.1 Å². The molecule has 0 saturated carbocycles. The molecule has 1 aliphatic heterocycles. The summed E-state index contributed by atoms with van der Waals surface area (Å²) in [7, 11) is 2.03. The number of benzene rings is 1. The molecule has 0 spiro atoms. The van der Waals surface area contributed by atoms with Crippen LogP contribution in [0.5, 0.6) is 0 Å². The first kappa shape index (κ1) is 17.7. The Kier molecular flexibility index (Phi) is 5.96. The van der Waals surface area contributed by atoms with Crippen LogP contribution >= 0.6 is 11.6 Å². The lowest BCUT2D eigenvalue weighted by molar-refractivity contribution is -0.132. The number of hydrogen-bond acceptors (Lipinski definition) is 3. The Morgan fingerprint density at radius 3 is 2.48 bits per heavy atom. The van der Waals surface area contributed by atoms with Gasteiger partial charge in [0.2, 0.25) is 11.8 Å². The van der Waals surface area contributed by atoms with E-state index in [1.807, 2.05) is 11.9 Å². The summed E-state index contributed by atoms with van der Waals surface area (Å²) in [4.78, 5) is 29.5. The lowest BCUT2D eigenvalue weighted by atomic mass is 10.2. The Morgan fingerprint density at radius 1 is 1.26 bits per heavy atom. The monoisotopic (exact) mass is 341 g/mol. The van der Waals surface area contributed by atoms with Crippen LogP contribution in [0.25, 0.3) is 0 Å². The highest BCUT2D eigenvalue weighted by Gasteiger charge is 2.21. The second-order valence-electron chi connectivity index (χ2n) is 5.70. The van der Waals surface area contributed by atoms with E-state index in [0.717, 1.165) is 13.1 Å². The van der Waals surface area contributed by atoms with Crippen LogP contribution in [0.2, 0.25) is 5.02 Å². The van der Waals surface area contributed by atoms with Crippen LogP contribution in [-0.2, 0) is 9.59 Å². The summed E-state index contributed by atoms with van der Waals surface area (Å²) >= 11 is 5.77. The van der Waals surface area contributed by atoms with Crippen LogP contribution in [-0.4, -0.2) is 61.4 Å². The normalized spacial score (nSPS) is 15.6. The summed E-state index contributed by atoms with van der Waals surface area (Å²) < 4.78 is 13.3. The smallest absolute Gasteiger partial charge is 0.224 e. The standard InChI is InChI=1S/C16H21ClFN3O2/c1-12(22)21(13-3-4-15(18)14(17)11-13)6-5-16(23)20-9-7-19(2)8-10-20/h3-4,11H,5-10H2,1-2H3. The van der Waals surface area contributed by atoms with Crippen LogP contribution in [0, 0.1) is 5.82 Å². The second-order valence-corrected chi connectivity index (χ2v) is 6.11. The van der Waals surface area contributed by atoms with Crippen molar-refractivity contribution in [3.63, 3.8) is 0 Å². The number of nitrogens with zero attached hydrogens (tertiary/aromatic N) is 3. The molecule has 0 N–H and O–H groups in total. The molecule has 0 bridgehead atoms. The molecule has 1 aromatic carbocycles. The maximum absolute atomic E-state index is 13.3. The SMILES string of the molecule is CC(=O)N(CCC(=O)N1CCN(C)CC1)c1ccc(F)c(Cl)c1. The minimum atomic E-state index is -0.535. The Hall–Kier alpha value is -1.66. The van der Waals surface area contributed by atoms with Gasteiger partial charge >= 0.3 is 0 Å². The van der Waals surface area contributed by atoms with E-state index in [1.54, 1.807) is 0 Å². The first-order chi connectivity index (χ1) is 10.9. The first-order valence-corrected chi connectivity index (χ1v) is 7.95. The van der Waals surface area contributed by atoms with E-state index in [-0.39, 0.29) is 29.8 Å². The van der Waals surface area contributed by atoms with Crippen LogP contribution in [0.15, 0.2) is 18.2 Å². The molecule has 0 unspecified atom stereocenters. The van der Waals surface area contributed by atoms with Crippen LogP contribution in [0.1, 0.15) is 13.3 Å². The van der Waals surface area contributed by atoms with Gasteiger partial charge < -0.3 is 14.7 Å². The third-order valence-corrected chi connectivity index (χ3v) is 4.29. The fraction of sp³-hybridized carbons (Fsp3) is 0.500. The molecule has 7 heteroatoms. The van der Waals surface area contributed by atoms with Crippen molar-refractivity contribution in [2.24, 2.45) is 0 Å². The van der Waals surface area contributed by atoms with E-state index >= 15 is 0 Å². The number of amides is 2. The third kappa shape index (κ3) is 4.65. The fourth-order valence-electron chi connectivity index (χ4n) is 2.54. The van der Waals surface area contributed by atoms with Gasteiger partial charge in [-0.15, -0.1) is 0 Å². The number of rotatable bonds is 4. The molecule has 1 aliphatic rings. The molecule has 0 atom stereocenters. The average Bonchev–Trinajstić information content (AvgIpc) is 2.51. The summed E-state index contributed by atoms with van der Waals surface area (Å²) in [5.41, 5.74) is 0.495. The molecule has 1 saturated heterocycles. The molecule has 1 fully saturated rings. The quantitative estimate of drug-likeness (QED) is 0.841. The Bertz CT molecular complexity index is 589. The van der Waals surface area contributed by atoms with Crippen molar-refractivity contribution in [1.82, 2.24) is 9.80 Å². The van der Waals surface area contributed by atoms with Gasteiger partial charge in [0, 0.05) is 51.8 Å². The molecule has 0 radical (unpaired) electrons. The molecule has 5 nitrogen and oxygen atoms in total. The summed E-state index contributed by atoms with van der Waals surface area (Å²) in [5, 5.41) is -0.0425. The lowest BCUT2D eigenvalue weighted by Gasteiger charge is -2.33. The highest BCUT2D eigenvalue weighted by Crippen LogP contribution is 2.23. The highest BCUT2D eigenvalue weighted by atomic mass is 35.5. The zero-order valence-corrected chi connectivity index (χ0v) is 14.1. The zero-order chi connectivity index (χ0) is 17.0. The van der Waals surface area contributed by atoms with Gasteiger partial charge in [0.05, 0.1) is 5.02 Å². The van der Waals surface area contributed by atoms with E-state index in [1.165, 1.54) is 30.0 Å². The van der Waals surface area contributed by atoms with E-state index < -0.39 is 5.82 Å². The molecular formula is C16H21ClFN3O2. The molecule has 2 amide bonds. The first-order valence-electron chi connectivity index (χ1n) is 7.58. The molecule has 23 heavy (non-hydrogen) atoms. The van der Waals surface area contributed by atoms with Gasteiger partial charge in [-0.25, -0.2) is 4.39 Å². The molecule has 1 heterocycles. The number of hydrogen-bond donors (Lipinski definition) is 0. The average molecular weight is 342 g/mol. The summed E-state index contributed by atoms with van der Waals surface area (Å²) in [5.74, 6) is -0.719. The number of carbonyl (C=O) groups is 2.